The van der Waals surface area contributed by atoms with E-state index in [0.29, 0.717) is 18.2 Å². The molecule has 0 bridgehead atoms. The van der Waals surface area contributed by atoms with Crippen LogP contribution in [0.4, 0.5) is 5.95 Å². The summed E-state index contributed by atoms with van der Waals surface area (Å²) in [6.07, 6.45) is 1.56. The van der Waals surface area contributed by atoms with E-state index in [2.05, 4.69) is 15.1 Å². The molecule has 2 aromatic rings. The number of nitrogens with zero attached hydrogens (tertiary/aromatic N) is 4. The van der Waals surface area contributed by atoms with Crippen LogP contribution in [-0.4, -0.2) is 28.1 Å². The van der Waals surface area contributed by atoms with E-state index >= 15 is 0 Å². The maximum absolute atomic E-state index is 8.63. The second kappa shape index (κ2) is 5.85. The molecule has 19 heavy (non-hydrogen) atoms. The maximum atomic E-state index is 8.63. The van der Waals surface area contributed by atoms with Crippen molar-refractivity contribution in [2.24, 2.45) is 10.9 Å². The van der Waals surface area contributed by atoms with Gasteiger partial charge in [0, 0.05) is 18.1 Å². The molecule has 100 valence electrons. The molecule has 2 rings (SSSR count). The van der Waals surface area contributed by atoms with Crippen LogP contribution in [0.5, 0.6) is 0 Å². The molecule has 0 aliphatic rings. The van der Waals surface area contributed by atoms with Gasteiger partial charge in [0.05, 0.1) is 10.9 Å². The first-order valence-electron chi connectivity index (χ1n) is 5.36. The zero-order chi connectivity index (χ0) is 13.8. The average Bonchev–Trinajstić information content (AvgIpc) is 2.83. The lowest BCUT2D eigenvalue weighted by Crippen LogP contribution is -2.21. The van der Waals surface area contributed by atoms with Crippen molar-refractivity contribution < 1.29 is 5.21 Å². The fraction of sp³-hybridized carbons (Fsp3) is 0.182. The standard InChI is InChI=1S/C11H12ClN5OS/c1-17(6-7-2-3-9(12)19-7)11-14-5-4-8(15-11)10(13)16-18/h2-5,18H,6H2,1H3,(H2,13,16). The highest BCUT2D eigenvalue weighted by atomic mass is 35.5. The number of halogens is 1. The van der Waals surface area contributed by atoms with Crippen LogP contribution in [0.15, 0.2) is 29.6 Å². The van der Waals surface area contributed by atoms with Crippen LogP contribution >= 0.6 is 22.9 Å². The largest absolute Gasteiger partial charge is 0.409 e. The molecule has 0 atom stereocenters. The van der Waals surface area contributed by atoms with E-state index in [9.17, 15) is 0 Å². The molecule has 0 aromatic carbocycles. The fourth-order valence-electron chi connectivity index (χ4n) is 1.47. The summed E-state index contributed by atoms with van der Waals surface area (Å²) >= 11 is 7.39. The van der Waals surface area contributed by atoms with Crippen molar-refractivity contribution in [1.29, 1.82) is 0 Å². The summed E-state index contributed by atoms with van der Waals surface area (Å²) in [6.45, 7) is 0.636. The van der Waals surface area contributed by atoms with Gasteiger partial charge in [-0.05, 0) is 18.2 Å². The third kappa shape index (κ3) is 3.33. The number of nitrogens with two attached hydrogens (primary N) is 1. The lowest BCUT2D eigenvalue weighted by atomic mass is 10.4. The normalized spacial score (nSPS) is 11.6. The van der Waals surface area contributed by atoms with Gasteiger partial charge in [-0.15, -0.1) is 11.3 Å². The molecule has 6 nitrogen and oxygen atoms in total. The summed E-state index contributed by atoms with van der Waals surface area (Å²) in [7, 11) is 1.86. The van der Waals surface area contributed by atoms with Gasteiger partial charge in [-0.3, -0.25) is 0 Å². The van der Waals surface area contributed by atoms with Crippen LogP contribution in [-0.2, 0) is 6.54 Å². The fourth-order valence-corrected chi connectivity index (χ4v) is 2.61. The summed E-state index contributed by atoms with van der Waals surface area (Å²) in [5.74, 6) is 0.449. The maximum Gasteiger partial charge on any atom is 0.226 e. The molecule has 2 aromatic heterocycles. The minimum Gasteiger partial charge on any atom is -0.409 e. The van der Waals surface area contributed by atoms with E-state index in [0.717, 1.165) is 9.21 Å². The third-order valence-corrected chi connectivity index (χ3v) is 3.59. The molecule has 3 N–H and O–H groups in total. The number of oxime groups is 1. The molecule has 0 saturated carbocycles. The molecule has 0 aliphatic heterocycles. The van der Waals surface area contributed by atoms with E-state index in [4.69, 9.17) is 22.5 Å². The summed E-state index contributed by atoms with van der Waals surface area (Å²) in [6, 6.07) is 5.38. The highest BCUT2D eigenvalue weighted by molar-refractivity contribution is 7.16. The van der Waals surface area contributed by atoms with E-state index in [1.165, 1.54) is 11.3 Å². The molecule has 0 aliphatic carbocycles. The van der Waals surface area contributed by atoms with Crippen LogP contribution in [0.1, 0.15) is 10.6 Å². The number of aromatic nitrogens is 2. The number of hydrogen-bond donors (Lipinski definition) is 2. The van der Waals surface area contributed by atoms with Crippen LogP contribution in [0.3, 0.4) is 0 Å². The van der Waals surface area contributed by atoms with E-state index < -0.39 is 0 Å². The Labute approximate surface area is 119 Å². The average molecular weight is 298 g/mol. The van der Waals surface area contributed by atoms with Gasteiger partial charge in [0.15, 0.2) is 5.84 Å². The number of thiophene rings is 1. The van der Waals surface area contributed by atoms with Crippen LogP contribution in [0.25, 0.3) is 0 Å². The second-order valence-corrected chi connectivity index (χ2v) is 5.59. The Balaban J connectivity index is 2.17. The van der Waals surface area contributed by atoms with Crippen molar-refractivity contribution >= 4 is 34.7 Å². The SMILES string of the molecule is CN(Cc1ccc(Cl)s1)c1nccc(/C(N)=N/O)n1. The first-order valence-corrected chi connectivity index (χ1v) is 6.56. The lowest BCUT2D eigenvalue weighted by Gasteiger charge is -2.16. The summed E-state index contributed by atoms with van der Waals surface area (Å²) in [5, 5.41) is 11.5. The molecular weight excluding hydrogens is 286 g/mol. The lowest BCUT2D eigenvalue weighted by molar-refractivity contribution is 0.318. The smallest absolute Gasteiger partial charge is 0.226 e. The van der Waals surface area contributed by atoms with Gasteiger partial charge >= 0.3 is 0 Å². The predicted molar refractivity (Wildman–Crippen MR) is 76.0 cm³/mol. The topological polar surface area (TPSA) is 87.6 Å². The van der Waals surface area contributed by atoms with Gasteiger partial charge < -0.3 is 15.8 Å². The Morgan fingerprint density at radius 2 is 2.32 bits per heavy atom. The predicted octanol–water partition coefficient (Wildman–Crippen LogP) is 1.92. The first kappa shape index (κ1) is 13.6. The van der Waals surface area contributed by atoms with Gasteiger partial charge in [0.2, 0.25) is 5.95 Å². The second-order valence-electron chi connectivity index (χ2n) is 3.79. The van der Waals surface area contributed by atoms with Crippen LogP contribution in [0.2, 0.25) is 4.34 Å². The third-order valence-electron chi connectivity index (χ3n) is 2.38. The zero-order valence-corrected chi connectivity index (χ0v) is 11.7. The van der Waals surface area contributed by atoms with Gasteiger partial charge in [0.25, 0.3) is 0 Å². The van der Waals surface area contributed by atoms with Gasteiger partial charge in [-0.1, -0.05) is 16.8 Å². The van der Waals surface area contributed by atoms with E-state index in [1.54, 1.807) is 12.3 Å². The number of anilines is 1. The van der Waals surface area contributed by atoms with Crippen LogP contribution in [0, 0.1) is 0 Å². The molecule has 0 unspecified atom stereocenters. The van der Waals surface area contributed by atoms with Crippen molar-refractivity contribution in [3.8, 4) is 0 Å². The number of hydrogen-bond acceptors (Lipinski definition) is 6. The monoisotopic (exact) mass is 297 g/mol. The highest BCUT2D eigenvalue weighted by Gasteiger charge is 2.09. The Morgan fingerprint density at radius 3 is 2.95 bits per heavy atom. The van der Waals surface area contributed by atoms with Gasteiger partial charge in [-0.2, -0.15) is 0 Å². The quantitative estimate of drug-likeness (QED) is 0.390. The number of amidine groups is 1. The van der Waals surface area contributed by atoms with Crippen molar-refractivity contribution in [2.45, 2.75) is 6.54 Å². The minimum atomic E-state index is -0.0452. The van der Waals surface area contributed by atoms with E-state index in [-0.39, 0.29) is 5.84 Å². The molecular formula is C11H12ClN5OS. The summed E-state index contributed by atoms with van der Waals surface area (Å²) < 4.78 is 0.745. The molecule has 0 spiro atoms. The molecule has 0 amide bonds. The summed E-state index contributed by atoms with van der Waals surface area (Å²) in [4.78, 5) is 11.3. The van der Waals surface area contributed by atoms with E-state index in [1.807, 2.05) is 24.1 Å². The molecule has 8 heteroatoms. The van der Waals surface area contributed by atoms with Crippen molar-refractivity contribution in [2.75, 3.05) is 11.9 Å². The Kier molecular flexibility index (Phi) is 4.18. The Morgan fingerprint density at radius 1 is 1.53 bits per heavy atom. The minimum absolute atomic E-state index is 0.0452. The molecule has 0 fully saturated rings. The first-order chi connectivity index (χ1) is 9.10. The van der Waals surface area contributed by atoms with Crippen molar-refractivity contribution in [1.82, 2.24) is 9.97 Å². The zero-order valence-electron chi connectivity index (χ0n) is 10.1. The molecule has 0 radical (unpaired) electrons. The van der Waals surface area contributed by atoms with Crippen molar-refractivity contribution in [3.63, 3.8) is 0 Å². The molecule has 0 saturated heterocycles. The summed E-state index contributed by atoms with van der Waals surface area (Å²) in [5.41, 5.74) is 5.87. The van der Waals surface area contributed by atoms with Gasteiger partial charge in [-0.25, -0.2) is 9.97 Å². The Bertz CT molecular complexity index is 600. The van der Waals surface area contributed by atoms with Gasteiger partial charge in [0.1, 0.15) is 5.69 Å². The molecule has 2 heterocycles. The van der Waals surface area contributed by atoms with Crippen LogP contribution < -0.4 is 10.6 Å². The Hall–Kier alpha value is -1.86. The highest BCUT2D eigenvalue weighted by Crippen LogP contribution is 2.23. The van der Waals surface area contributed by atoms with Crippen molar-refractivity contribution in [3.05, 3.63) is 39.3 Å². The number of rotatable bonds is 4.